The fourth-order valence-corrected chi connectivity index (χ4v) is 2.03. The molecule has 1 heterocycles. The minimum atomic E-state index is -0.944. The van der Waals surface area contributed by atoms with Crippen LogP contribution in [0.1, 0.15) is 33.0 Å². The van der Waals surface area contributed by atoms with Gasteiger partial charge in [-0.2, -0.15) is 0 Å². The van der Waals surface area contributed by atoms with Crippen molar-refractivity contribution in [2.45, 2.75) is 32.6 Å². The van der Waals surface area contributed by atoms with Gasteiger partial charge in [-0.15, -0.1) is 0 Å². The Morgan fingerprint density at radius 1 is 1.60 bits per heavy atom. The van der Waals surface area contributed by atoms with Gasteiger partial charge in [0.15, 0.2) is 4.67 Å². The molecule has 0 spiro atoms. The normalized spacial score (nSPS) is 15.3. The molecule has 3 nitrogen and oxygen atoms in total. The molecule has 1 rings (SSSR count). The summed E-state index contributed by atoms with van der Waals surface area (Å²) < 4.78 is 5.91. The summed E-state index contributed by atoms with van der Waals surface area (Å²) in [7, 11) is 0. The van der Waals surface area contributed by atoms with Crippen LogP contribution in [0.3, 0.4) is 0 Å². The van der Waals surface area contributed by atoms with Gasteiger partial charge in [-0.05, 0) is 47.3 Å². The van der Waals surface area contributed by atoms with Crippen LogP contribution in [0.2, 0.25) is 0 Å². The first kappa shape index (κ1) is 12.3. The summed E-state index contributed by atoms with van der Waals surface area (Å²) >= 11 is 3.18. The zero-order chi connectivity index (χ0) is 11.6. The van der Waals surface area contributed by atoms with Crippen molar-refractivity contribution in [1.82, 2.24) is 0 Å². The molecule has 1 atom stereocenters. The van der Waals surface area contributed by atoms with Crippen LogP contribution < -0.4 is 0 Å². The van der Waals surface area contributed by atoms with Gasteiger partial charge < -0.3 is 9.52 Å². The van der Waals surface area contributed by atoms with Crippen LogP contribution in [-0.4, -0.2) is 11.1 Å². The maximum absolute atomic E-state index is 11.3. The number of hydrogen-bond donors (Lipinski definition) is 1. The highest BCUT2D eigenvalue weighted by molar-refractivity contribution is 9.10. The lowest BCUT2D eigenvalue weighted by molar-refractivity contribution is -0.144. The fraction of sp³-hybridized carbons (Fsp3) is 0.545. The minimum absolute atomic E-state index is 0.301. The maximum Gasteiger partial charge on any atom is 0.317 e. The predicted molar refractivity (Wildman–Crippen MR) is 60.9 cm³/mol. The van der Waals surface area contributed by atoms with E-state index in [2.05, 4.69) is 15.9 Å². The molecule has 0 fully saturated rings. The SMILES string of the molecule is CC(C)CC(C)(C(=O)O)c1ccc(Br)o1. The highest BCUT2D eigenvalue weighted by Crippen LogP contribution is 2.33. The van der Waals surface area contributed by atoms with E-state index < -0.39 is 11.4 Å². The Labute approximate surface area is 97.6 Å². The van der Waals surface area contributed by atoms with Gasteiger partial charge in [-0.3, -0.25) is 4.79 Å². The summed E-state index contributed by atoms with van der Waals surface area (Å²) in [6, 6.07) is 3.43. The molecule has 1 aromatic heterocycles. The van der Waals surface area contributed by atoms with Gasteiger partial charge in [0.1, 0.15) is 11.2 Å². The molecule has 1 unspecified atom stereocenters. The van der Waals surface area contributed by atoms with Gasteiger partial charge >= 0.3 is 5.97 Å². The van der Waals surface area contributed by atoms with Crippen molar-refractivity contribution >= 4 is 21.9 Å². The van der Waals surface area contributed by atoms with E-state index in [0.29, 0.717) is 22.8 Å². The number of rotatable bonds is 4. The van der Waals surface area contributed by atoms with Gasteiger partial charge in [-0.1, -0.05) is 13.8 Å². The number of hydrogen-bond acceptors (Lipinski definition) is 2. The molecule has 0 aliphatic rings. The second-order valence-electron chi connectivity index (χ2n) is 4.34. The van der Waals surface area contributed by atoms with E-state index in [-0.39, 0.29) is 0 Å². The van der Waals surface area contributed by atoms with Crippen molar-refractivity contribution in [3.8, 4) is 0 Å². The summed E-state index contributed by atoms with van der Waals surface area (Å²) in [5.41, 5.74) is -0.944. The summed E-state index contributed by atoms with van der Waals surface area (Å²) in [6.07, 6.45) is 0.558. The third-order valence-electron chi connectivity index (χ3n) is 2.41. The molecule has 0 saturated heterocycles. The molecule has 0 aliphatic carbocycles. The molecular formula is C11H15BrO3. The first-order chi connectivity index (χ1) is 6.86. The highest BCUT2D eigenvalue weighted by Gasteiger charge is 2.38. The molecule has 0 radical (unpaired) electrons. The van der Waals surface area contributed by atoms with Crippen molar-refractivity contribution in [3.63, 3.8) is 0 Å². The lowest BCUT2D eigenvalue weighted by atomic mass is 9.80. The van der Waals surface area contributed by atoms with Crippen molar-refractivity contribution in [1.29, 1.82) is 0 Å². The van der Waals surface area contributed by atoms with Crippen LogP contribution in [0.5, 0.6) is 0 Å². The van der Waals surface area contributed by atoms with Crippen LogP contribution in [-0.2, 0) is 10.2 Å². The van der Waals surface area contributed by atoms with E-state index in [1.165, 1.54) is 0 Å². The largest absolute Gasteiger partial charge is 0.480 e. The zero-order valence-corrected chi connectivity index (χ0v) is 10.7. The average Bonchev–Trinajstić information content (AvgIpc) is 2.50. The van der Waals surface area contributed by atoms with Crippen LogP contribution >= 0.6 is 15.9 Å². The molecule has 1 N–H and O–H groups in total. The summed E-state index contributed by atoms with van der Waals surface area (Å²) in [6.45, 7) is 5.69. The predicted octanol–water partition coefficient (Wildman–Crippen LogP) is 3.43. The number of halogens is 1. The molecule has 4 heteroatoms. The van der Waals surface area contributed by atoms with Crippen LogP contribution in [0.25, 0.3) is 0 Å². The molecule has 0 amide bonds. The molecular weight excluding hydrogens is 260 g/mol. The Kier molecular flexibility index (Phi) is 3.60. The number of carboxylic acids is 1. The second kappa shape index (κ2) is 4.39. The van der Waals surface area contributed by atoms with Crippen molar-refractivity contribution in [2.24, 2.45) is 5.92 Å². The molecule has 0 saturated carbocycles. The Hall–Kier alpha value is -0.770. The Morgan fingerprint density at radius 3 is 2.53 bits per heavy atom. The fourth-order valence-electron chi connectivity index (χ4n) is 1.72. The van der Waals surface area contributed by atoms with Crippen LogP contribution in [0.15, 0.2) is 21.2 Å². The topological polar surface area (TPSA) is 50.4 Å². The standard InChI is InChI=1S/C11H15BrO3/c1-7(2)6-11(3,10(13)14)8-4-5-9(12)15-8/h4-5,7H,6H2,1-3H3,(H,13,14). The number of carbonyl (C=O) groups is 1. The summed E-state index contributed by atoms with van der Waals surface area (Å²) in [5.74, 6) is -0.0522. The third-order valence-corrected chi connectivity index (χ3v) is 2.83. The van der Waals surface area contributed by atoms with Gasteiger partial charge in [0.2, 0.25) is 0 Å². The number of aliphatic carboxylic acids is 1. The summed E-state index contributed by atoms with van der Waals surface area (Å²) in [5, 5.41) is 9.27. The van der Waals surface area contributed by atoms with Gasteiger partial charge in [0, 0.05) is 0 Å². The van der Waals surface area contributed by atoms with Crippen molar-refractivity contribution in [3.05, 3.63) is 22.6 Å². The van der Waals surface area contributed by atoms with E-state index >= 15 is 0 Å². The smallest absolute Gasteiger partial charge is 0.317 e. The number of furan rings is 1. The van der Waals surface area contributed by atoms with E-state index in [4.69, 9.17) is 4.42 Å². The Morgan fingerprint density at radius 2 is 2.20 bits per heavy atom. The van der Waals surface area contributed by atoms with Crippen molar-refractivity contribution < 1.29 is 14.3 Å². The van der Waals surface area contributed by atoms with Gasteiger partial charge in [0.25, 0.3) is 0 Å². The van der Waals surface area contributed by atoms with Crippen molar-refractivity contribution in [2.75, 3.05) is 0 Å². The first-order valence-electron chi connectivity index (χ1n) is 4.85. The third kappa shape index (κ3) is 2.62. The van der Waals surface area contributed by atoms with Gasteiger partial charge in [-0.25, -0.2) is 0 Å². The second-order valence-corrected chi connectivity index (χ2v) is 5.12. The van der Waals surface area contributed by atoms with Gasteiger partial charge in [0.05, 0.1) is 0 Å². The zero-order valence-electron chi connectivity index (χ0n) is 9.08. The molecule has 1 aromatic rings. The van der Waals surface area contributed by atoms with E-state index in [0.717, 1.165) is 0 Å². The van der Waals surface area contributed by atoms with Crippen LogP contribution in [0, 0.1) is 5.92 Å². The lowest BCUT2D eigenvalue weighted by Crippen LogP contribution is -2.33. The monoisotopic (exact) mass is 274 g/mol. The lowest BCUT2D eigenvalue weighted by Gasteiger charge is -2.24. The average molecular weight is 275 g/mol. The van der Waals surface area contributed by atoms with E-state index in [9.17, 15) is 9.90 Å². The maximum atomic E-state index is 11.3. The first-order valence-corrected chi connectivity index (χ1v) is 5.65. The Balaban J connectivity index is 3.06. The molecule has 0 aromatic carbocycles. The number of carboxylic acid groups (broad SMARTS) is 1. The highest BCUT2D eigenvalue weighted by atomic mass is 79.9. The van der Waals surface area contributed by atoms with Crippen LogP contribution in [0.4, 0.5) is 0 Å². The minimum Gasteiger partial charge on any atom is -0.480 e. The molecule has 15 heavy (non-hydrogen) atoms. The molecule has 0 bridgehead atoms. The quantitative estimate of drug-likeness (QED) is 0.915. The Bertz CT molecular complexity index is 356. The molecule has 0 aliphatic heterocycles. The summed E-state index contributed by atoms with van der Waals surface area (Å²) in [4.78, 5) is 11.3. The van der Waals surface area contributed by atoms with E-state index in [1.807, 2.05) is 13.8 Å². The van der Waals surface area contributed by atoms with E-state index in [1.54, 1.807) is 19.1 Å². The molecule has 84 valence electrons.